The van der Waals surface area contributed by atoms with E-state index in [-0.39, 0.29) is 11.3 Å². The van der Waals surface area contributed by atoms with E-state index in [1.54, 1.807) is 44.5 Å². The summed E-state index contributed by atoms with van der Waals surface area (Å²) in [4.78, 5) is 16.8. The third-order valence-electron chi connectivity index (χ3n) is 3.68. The van der Waals surface area contributed by atoms with Crippen LogP contribution in [0, 0.1) is 0 Å². The molecular formula is C17H16N2O3. The third-order valence-corrected chi connectivity index (χ3v) is 3.68. The first-order valence-corrected chi connectivity index (χ1v) is 6.89. The molecule has 5 nitrogen and oxygen atoms in total. The number of methoxy groups -OCH3 is 1. The molecule has 1 aromatic heterocycles. The lowest BCUT2D eigenvalue weighted by molar-refractivity contribution is 0.213. The van der Waals surface area contributed by atoms with Gasteiger partial charge < -0.3 is 14.4 Å². The van der Waals surface area contributed by atoms with Gasteiger partial charge in [0, 0.05) is 13.1 Å². The van der Waals surface area contributed by atoms with Gasteiger partial charge in [-0.2, -0.15) is 0 Å². The van der Waals surface area contributed by atoms with Crippen molar-refractivity contribution in [2.45, 2.75) is 6.10 Å². The Hall–Kier alpha value is -2.66. The summed E-state index contributed by atoms with van der Waals surface area (Å²) in [5.74, 6) is 0.652. The summed E-state index contributed by atoms with van der Waals surface area (Å²) in [6.07, 6.45) is -1.06. The van der Waals surface area contributed by atoms with E-state index in [1.165, 1.54) is 4.57 Å². The topological polar surface area (TPSA) is 64.3 Å². The summed E-state index contributed by atoms with van der Waals surface area (Å²) in [5.41, 5.74) is 1.72. The van der Waals surface area contributed by atoms with Crippen LogP contribution in [0.25, 0.3) is 11.0 Å². The lowest BCUT2D eigenvalue weighted by atomic mass is 10.1. The van der Waals surface area contributed by atoms with E-state index in [0.29, 0.717) is 22.3 Å². The molecule has 1 atom stereocenters. The zero-order valence-corrected chi connectivity index (χ0v) is 12.4. The van der Waals surface area contributed by atoms with Gasteiger partial charge >= 0.3 is 0 Å². The minimum absolute atomic E-state index is 0.106. The fourth-order valence-electron chi connectivity index (χ4n) is 2.43. The van der Waals surface area contributed by atoms with Crippen molar-refractivity contribution < 1.29 is 9.84 Å². The number of benzene rings is 2. The Morgan fingerprint density at radius 2 is 1.91 bits per heavy atom. The molecule has 5 heteroatoms. The van der Waals surface area contributed by atoms with Crippen molar-refractivity contribution in [3.05, 3.63) is 70.1 Å². The number of hydrogen-bond donors (Lipinski definition) is 1. The summed E-state index contributed by atoms with van der Waals surface area (Å²) in [6, 6.07) is 14.3. The first-order valence-electron chi connectivity index (χ1n) is 6.89. The molecule has 22 heavy (non-hydrogen) atoms. The average Bonchev–Trinajstić information content (AvgIpc) is 2.57. The van der Waals surface area contributed by atoms with Gasteiger partial charge in [0.25, 0.3) is 5.56 Å². The Bertz CT molecular complexity index is 872. The van der Waals surface area contributed by atoms with Crippen LogP contribution in [0.2, 0.25) is 0 Å². The largest absolute Gasteiger partial charge is 0.497 e. The SMILES string of the molecule is COc1ccc2c(c1)nc(C(O)c1ccccc1)c(=O)n2C. The van der Waals surface area contributed by atoms with E-state index in [2.05, 4.69) is 4.98 Å². The molecule has 3 aromatic rings. The molecule has 1 N–H and O–H groups in total. The van der Waals surface area contributed by atoms with Gasteiger partial charge in [-0.05, 0) is 17.7 Å². The van der Waals surface area contributed by atoms with Gasteiger partial charge in [-0.1, -0.05) is 30.3 Å². The molecule has 0 radical (unpaired) electrons. The lowest BCUT2D eigenvalue weighted by Gasteiger charge is -2.13. The van der Waals surface area contributed by atoms with E-state index in [0.717, 1.165) is 0 Å². The maximum absolute atomic E-state index is 12.5. The predicted octanol–water partition coefficient (Wildman–Crippen LogP) is 2.02. The number of aliphatic hydroxyl groups is 1. The van der Waals surface area contributed by atoms with Crippen molar-refractivity contribution in [3.63, 3.8) is 0 Å². The quantitative estimate of drug-likeness (QED) is 0.803. The van der Waals surface area contributed by atoms with Crippen molar-refractivity contribution in [2.24, 2.45) is 7.05 Å². The number of fused-ring (bicyclic) bond motifs is 1. The molecule has 0 aliphatic rings. The minimum atomic E-state index is -1.06. The number of aryl methyl sites for hydroxylation is 1. The van der Waals surface area contributed by atoms with Crippen LogP contribution in [-0.2, 0) is 7.05 Å². The molecule has 0 amide bonds. The number of aromatic nitrogens is 2. The molecule has 0 fully saturated rings. The van der Waals surface area contributed by atoms with Crippen LogP contribution in [0.5, 0.6) is 5.75 Å². The Labute approximate surface area is 127 Å². The fraction of sp³-hybridized carbons (Fsp3) is 0.176. The smallest absolute Gasteiger partial charge is 0.275 e. The van der Waals surface area contributed by atoms with Crippen LogP contribution < -0.4 is 10.3 Å². The first kappa shape index (κ1) is 14.3. The molecule has 3 rings (SSSR count). The van der Waals surface area contributed by atoms with Crippen molar-refractivity contribution in [3.8, 4) is 5.75 Å². The van der Waals surface area contributed by atoms with Crippen molar-refractivity contribution >= 4 is 11.0 Å². The fourth-order valence-corrected chi connectivity index (χ4v) is 2.43. The second-order valence-corrected chi connectivity index (χ2v) is 5.03. The normalized spacial score (nSPS) is 12.3. The van der Waals surface area contributed by atoms with Crippen molar-refractivity contribution in [1.82, 2.24) is 9.55 Å². The predicted molar refractivity (Wildman–Crippen MR) is 84.0 cm³/mol. The standard InChI is InChI=1S/C17H16N2O3/c1-19-14-9-8-12(22-2)10-13(14)18-15(17(19)21)16(20)11-6-4-3-5-7-11/h3-10,16,20H,1-2H3. The maximum Gasteiger partial charge on any atom is 0.275 e. The molecule has 112 valence electrons. The van der Waals surface area contributed by atoms with E-state index >= 15 is 0 Å². The van der Waals surface area contributed by atoms with E-state index in [4.69, 9.17) is 4.74 Å². The van der Waals surface area contributed by atoms with Gasteiger partial charge in [-0.3, -0.25) is 4.79 Å². The molecule has 1 heterocycles. The van der Waals surface area contributed by atoms with E-state index in [1.807, 2.05) is 18.2 Å². The first-order chi connectivity index (χ1) is 10.6. The zero-order chi connectivity index (χ0) is 15.7. The second kappa shape index (κ2) is 5.61. The van der Waals surface area contributed by atoms with Crippen LogP contribution >= 0.6 is 0 Å². The van der Waals surface area contributed by atoms with Gasteiger partial charge in [0.15, 0.2) is 0 Å². The van der Waals surface area contributed by atoms with Gasteiger partial charge in [-0.15, -0.1) is 0 Å². The number of nitrogens with zero attached hydrogens (tertiary/aromatic N) is 2. The molecule has 0 saturated carbocycles. The van der Waals surface area contributed by atoms with Gasteiger partial charge in [0.1, 0.15) is 17.5 Å². The van der Waals surface area contributed by atoms with Crippen LogP contribution in [0.3, 0.4) is 0 Å². The van der Waals surface area contributed by atoms with E-state index < -0.39 is 6.10 Å². The Balaban J connectivity index is 2.21. The maximum atomic E-state index is 12.5. The van der Waals surface area contributed by atoms with Gasteiger partial charge in [-0.25, -0.2) is 4.98 Å². The summed E-state index contributed by atoms with van der Waals surface area (Å²) < 4.78 is 6.68. The summed E-state index contributed by atoms with van der Waals surface area (Å²) >= 11 is 0. The number of aliphatic hydroxyl groups excluding tert-OH is 1. The van der Waals surface area contributed by atoms with Crippen molar-refractivity contribution in [2.75, 3.05) is 7.11 Å². The average molecular weight is 296 g/mol. The highest BCUT2D eigenvalue weighted by atomic mass is 16.5. The van der Waals surface area contributed by atoms with E-state index in [9.17, 15) is 9.90 Å². The van der Waals surface area contributed by atoms with Crippen LogP contribution in [-0.4, -0.2) is 21.8 Å². The Kier molecular flexibility index (Phi) is 3.65. The summed E-state index contributed by atoms with van der Waals surface area (Å²) in [7, 11) is 3.24. The van der Waals surface area contributed by atoms with Crippen molar-refractivity contribution in [1.29, 1.82) is 0 Å². The highest BCUT2D eigenvalue weighted by molar-refractivity contribution is 5.76. The zero-order valence-electron chi connectivity index (χ0n) is 12.4. The molecule has 0 saturated heterocycles. The van der Waals surface area contributed by atoms with Gasteiger partial charge in [0.05, 0.1) is 18.1 Å². The Morgan fingerprint density at radius 1 is 1.18 bits per heavy atom. The monoisotopic (exact) mass is 296 g/mol. The highest BCUT2D eigenvalue weighted by Crippen LogP contribution is 2.22. The molecule has 0 aliphatic carbocycles. The lowest BCUT2D eigenvalue weighted by Crippen LogP contribution is -2.26. The number of hydrogen-bond acceptors (Lipinski definition) is 4. The number of rotatable bonds is 3. The summed E-state index contributed by atoms with van der Waals surface area (Å²) in [6.45, 7) is 0. The second-order valence-electron chi connectivity index (χ2n) is 5.03. The minimum Gasteiger partial charge on any atom is -0.497 e. The molecule has 1 unspecified atom stereocenters. The number of ether oxygens (including phenoxy) is 1. The van der Waals surface area contributed by atoms with Crippen LogP contribution in [0.1, 0.15) is 17.4 Å². The summed E-state index contributed by atoms with van der Waals surface area (Å²) in [5, 5.41) is 10.5. The molecule has 0 aliphatic heterocycles. The molecule has 0 bridgehead atoms. The van der Waals surface area contributed by atoms with Crippen LogP contribution in [0.15, 0.2) is 53.3 Å². The van der Waals surface area contributed by atoms with Gasteiger partial charge in [0.2, 0.25) is 0 Å². The Morgan fingerprint density at radius 3 is 2.59 bits per heavy atom. The van der Waals surface area contributed by atoms with Crippen LogP contribution in [0.4, 0.5) is 0 Å². The third kappa shape index (κ3) is 2.35. The molecule has 0 spiro atoms. The highest BCUT2D eigenvalue weighted by Gasteiger charge is 2.18. The molecule has 2 aromatic carbocycles. The molecular weight excluding hydrogens is 280 g/mol.